The van der Waals surface area contributed by atoms with Crippen molar-refractivity contribution in [1.29, 1.82) is 5.26 Å². The van der Waals surface area contributed by atoms with E-state index in [1.807, 2.05) is 6.07 Å². The minimum absolute atomic E-state index is 0.00300. The number of ether oxygens (including phenoxy) is 1. The van der Waals surface area contributed by atoms with Crippen molar-refractivity contribution in [3.05, 3.63) is 35.4 Å². The number of carbonyl (C=O) groups excluding carboxylic acids is 2. The Morgan fingerprint density at radius 2 is 2.00 bits per heavy atom. The highest BCUT2D eigenvalue weighted by Crippen LogP contribution is 2.18. The number of carbonyl (C=O) groups is 2. The molecule has 2 rings (SSSR count). The predicted octanol–water partition coefficient (Wildman–Crippen LogP) is 2.23. The third kappa shape index (κ3) is 2.75. The topological polar surface area (TPSA) is 67.2 Å². The van der Waals surface area contributed by atoms with Gasteiger partial charge in [0.1, 0.15) is 0 Å². The van der Waals surface area contributed by atoms with E-state index in [-0.39, 0.29) is 5.78 Å². The zero-order valence-electron chi connectivity index (χ0n) is 9.89. The van der Waals surface area contributed by atoms with E-state index < -0.39 is 12.1 Å². The highest BCUT2D eigenvalue weighted by Gasteiger charge is 2.26. The number of benzene rings is 1. The summed E-state index contributed by atoms with van der Waals surface area (Å²) < 4.78 is 5.19. The Hall–Kier alpha value is -2.15. The average Bonchev–Trinajstić information content (AvgIpc) is 2.41. The minimum atomic E-state index is -0.595. The average molecular weight is 243 g/mol. The molecule has 0 amide bonds. The SMILES string of the molecule is N#Cc1ccc(C(=O)O[C@H]2CCCCC2=O)cc1. The molecule has 92 valence electrons. The third-order valence-electron chi connectivity index (χ3n) is 3.00. The molecule has 0 aliphatic heterocycles. The van der Waals surface area contributed by atoms with Crippen molar-refractivity contribution in [1.82, 2.24) is 0 Å². The highest BCUT2D eigenvalue weighted by molar-refractivity contribution is 5.93. The fraction of sp³-hybridized carbons (Fsp3) is 0.357. The lowest BCUT2D eigenvalue weighted by Gasteiger charge is -2.20. The maximum absolute atomic E-state index is 11.8. The normalized spacial score (nSPS) is 19.1. The van der Waals surface area contributed by atoms with Crippen molar-refractivity contribution in [3.63, 3.8) is 0 Å². The van der Waals surface area contributed by atoms with Gasteiger partial charge in [-0.1, -0.05) is 0 Å². The van der Waals surface area contributed by atoms with Crippen LogP contribution in [0.4, 0.5) is 0 Å². The first-order valence-electron chi connectivity index (χ1n) is 5.94. The number of nitriles is 1. The van der Waals surface area contributed by atoms with Gasteiger partial charge in [0.2, 0.25) is 0 Å². The molecule has 0 radical (unpaired) electrons. The monoisotopic (exact) mass is 243 g/mol. The maximum Gasteiger partial charge on any atom is 0.338 e. The van der Waals surface area contributed by atoms with Gasteiger partial charge in [-0.25, -0.2) is 4.79 Å². The first kappa shape index (κ1) is 12.3. The smallest absolute Gasteiger partial charge is 0.338 e. The highest BCUT2D eigenvalue weighted by atomic mass is 16.5. The van der Waals surface area contributed by atoms with Gasteiger partial charge in [0.25, 0.3) is 0 Å². The molecule has 0 saturated heterocycles. The molecule has 1 fully saturated rings. The predicted molar refractivity (Wildman–Crippen MR) is 63.8 cm³/mol. The van der Waals surface area contributed by atoms with Crippen LogP contribution in [0.1, 0.15) is 41.6 Å². The summed E-state index contributed by atoms with van der Waals surface area (Å²) in [5, 5.41) is 8.65. The second kappa shape index (κ2) is 5.46. The Bertz CT molecular complexity index is 499. The molecule has 1 aromatic rings. The molecular formula is C14H13NO3. The third-order valence-corrected chi connectivity index (χ3v) is 3.00. The molecule has 1 aromatic carbocycles. The van der Waals surface area contributed by atoms with Crippen molar-refractivity contribution in [2.45, 2.75) is 31.8 Å². The quantitative estimate of drug-likeness (QED) is 0.747. The molecule has 1 aliphatic rings. The van der Waals surface area contributed by atoms with Gasteiger partial charge in [0, 0.05) is 6.42 Å². The number of rotatable bonds is 2. The molecule has 0 bridgehead atoms. The van der Waals surface area contributed by atoms with Crippen LogP contribution < -0.4 is 0 Å². The van der Waals surface area contributed by atoms with Gasteiger partial charge in [-0.3, -0.25) is 4.79 Å². The van der Waals surface area contributed by atoms with Gasteiger partial charge in [0.05, 0.1) is 17.2 Å². The molecule has 4 heteroatoms. The zero-order valence-corrected chi connectivity index (χ0v) is 9.89. The van der Waals surface area contributed by atoms with Gasteiger partial charge < -0.3 is 4.74 Å². The van der Waals surface area contributed by atoms with Crippen LogP contribution in [-0.2, 0) is 9.53 Å². The van der Waals surface area contributed by atoms with Gasteiger partial charge in [-0.05, 0) is 43.5 Å². The van der Waals surface area contributed by atoms with E-state index in [1.54, 1.807) is 12.1 Å². The Balaban J connectivity index is 2.02. The number of nitrogens with zero attached hydrogens (tertiary/aromatic N) is 1. The number of ketones is 1. The summed E-state index contributed by atoms with van der Waals surface area (Å²) in [6.07, 6.45) is 2.30. The summed E-state index contributed by atoms with van der Waals surface area (Å²) in [5.41, 5.74) is 0.854. The van der Waals surface area contributed by atoms with E-state index in [0.717, 1.165) is 12.8 Å². The first-order chi connectivity index (χ1) is 8.70. The molecule has 0 unspecified atom stereocenters. The van der Waals surface area contributed by atoms with Gasteiger partial charge >= 0.3 is 5.97 Å². The van der Waals surface area contributed by atoms with Crippen LogP contribution in [0.25, 0.3) is 0 Å². The molecule has 1 atom stereocenters. The van der Waals surface area contributed by atoms with Crippen LogP contribution in [0, 0.1) is 11.3 Å². The lowest BCUT2D eigenvalue weighted by atomic mass is 9.96. The van der Waals surface area contributed by atoms with Crippen molar-refractivity contribution in [2.24, 2.45) is 0 Å². The van der Waals surface area contributed by atoms with Crippen LogP contribution in [0.2, 0.25) is 0 Å². The summed E-state index contributed by atoms with van der Waals surface area (Å²) in [7, 11) is 0. The molecule has 1 aliphatic carbocycles. The number of Topliss-reactive ketones (excluding diaryl/α,β-unsaturated/α-hetero) is 1. The second-order valence-electron chi connectivity index (χ2n) is 4.30. The van der Waals surface area contributed by atoms with E-state index in [1.165, 1.54) is 12.1 Å². The molecule has 4 nitrogen and oxygen atoms in total. The second-order valence-corrected chi connectivity index (χ2v) is 4.30. The number of hydrogen-bond acceptors (Lipinski definition) is 4. The van der Waals surface area contributed by atoms with Crippen LogP contribution in [0.5, 0.6) is 0 Å². The molecule has 0 heterocycles. The Morgan fingerprint density at radius 3 is 2.61 bits per heavy atom. The lowest BCUT2D eigenvalue weighted by Crippen LogP contribution is -2.30. The van der Waals surface area contributed by atoms with Crippen molar-refractivity contribution in [3.8, 4) is 6.07 Å². The lowest BCUT2D eigenvalue weighted by molar-refractivity contribution is -0.129. The maximum atomic E-state index is 11.8. The van der Waals surface area contributed by atoms with E-state index in [0.29, 0.717) is 24.0 Å². The molecule has 18 heavy (non-hydrogen) atoms. The molecule has 0 N–H and O–H groups in total. The van der Waals surface area contributed by atoms with Gasteiger partial charge in [0.15, 0.2) is 11.9 Å². The zero-order chi connectivity index (χ0) is 13.0. The summed E-state index contributed by atoms with van der Waals surface area (Å²) in [4.78, 5) is 23.3. The Kier molecular flexibility index (Phi) is 3.73. The Labute approximate surface area is 105 Å². The largest absolute Gasteiger partial charge is 0.451 e. The van der Waals surface area contributed by atoms with Crippen molar-refractivity contribution < 1.29 is 14.3 Å². The van der Waals surface area contributed by atoms with E-state index in [4.69, 9.17) is 10.00 Å². The summed E-state index contributed by atoms with van der Waals surface area (Å²) in [6, 6.07) is 8.16. The number of esters is 1. The van der Waals surface area contributed by atoms with Crippen molar-refractivity contribution >= 4 is 11.8 Å². The van der Waals surface area contributed by atoms with Crippen LogP contribution in [0.15, 0.2) is 24.3 Å². The summed E-state index contributed by atoms with van der Waals surface area (Å²) in [6.45, 7) is 0. The number of hydrogen-bond donors (Lipinski definition) is 0. The van der Waals surface area contributed by atoms with Crippen molar-refractivity contribution in [2.75, 3.05) is 0 Å². The van der Waals surface area contributed by atoms with E-state index in [9.17, 15) is 9.59 Å². The van der Waals surface area contributed by atoms with Crippen LogP contribution in [0.3, 0.4) is 0 Å². The van der Waals surface area contributed by atoms with E-state index in [2.05, 4.69) is 0 Å². The summed E-state index contributed by atoms with van der Waals surface area (Å²) in [5.74, 6) is -0.497. The fourth-order valence-electron chi connectivity index (χ4n) is 1.95. The van der Waals surface area contributed by atoms with Gasteiger partial charge in [-0.2, -0.15) is 5.26 Å². The van der Waals surface area contributed by atoms with Crippen LogP contribution in [-0.4, -0.2) is 17.9 Å². The molecular weight excluding hydrogens is 230 g/mol. The molecule has 1 saturated carbocycles. The standard InChI is InChI=1S/C14H13NO3/c15-9-10-5-7-11(8-6-10)14(17)18-13-4-2-1-3-12(13)16/h5-8,13H,1-4H2/t13-/m0/s1. The summed E-state index contributed by atoms with van der Waals surface area (Å²) >= 11 is 0. The Morgan fingerprint density at radius 1 is 1.28 bits per heavy atom. The van der Waals surface area contributed by atoms with Crippen LogP contribution >= 0.6 is 0 Å². The van der Waals surface area contributed by atoms with E-state index >= 15 is 0 Å². The fourth-order valence-corrected chi connectivity index (χ4v) is 1.95. The molecule has 0 spiro atoms. The minimum Gasteiger partial charge on any atom is -0.451 e. The first-order valence-corrected chi connectivity index (χ1v) is 5.94. The van der Waals surface area contributed by atoms with Gasteiger partial charge in [-0.15, -0.1) is 0 Å². The molecule has 0 aromatic heterocycles.